The van der Waals surface area contributed by atoms with Gasteiger partial charge in [0.05, 0.1) is 42.1 Å². The number of methoxy groups -OCH3 is 1. The second-order valence-corrected chi connectivity index (χ2v) is 9.77. The number of halogens is 1. The van der Waals surface area contributed by atoms with Crippen molar-refractivity contribution in [2.24, 2.45) is 5.73 Å². The maximum atomic E-state index is 13.6. The molecule has 12 heteroatoms. The number of aldehydes is 1. The number of nitrogens with two attached hydrogens (primary N) is 1. The first kappa shape index (κ1) is 28.0. The van der Waals surface area contributed by atoms with Gasteiger partial charge in [-0.3, -0.25) is 9.59 Å². The summed E-state index contributed by atoms with van der Waals surface area (Å²) >= 11 is 0. The molecule has 2 aromatic rings. The van der Waals surface area contributed by atoms with Crippen molar-refractivity contribution in [1.82, 2.24) is 0 Å². The molecular weight excluding hydrogens is 522 g/mol. The third-order valence-corrected chi connectivity index (χ3v) is 7.39. The molecule has 0 bridgehead atoms. The third kappa shape index (κ3) is 4.15. The molecule has 1 heterocycles. The number of ether oxygens (including phenoxy) is 3. The number of aliphatic hydroxyl groups is 2. The Bertz CT molecular complexity index is 1320. The fourth-order valence-corrected chi connectivity index (χ4v) is 5.51. The molecule has 1 fully saturated rings. The number of aliphatic hydroxyl groups excluding tert-OH is 1. The molecule has 0 saturated carbocycles. The summed E-state index contributed by atoms with van der Waals surface area (Å²) in [6, 6.07) is 3.74. The topological polar surface area (TPSA) is 186 Å². The van der Waals surface area contributed by atoms with E-state index in [1.54, 1.807) is 6.92 Å². The van der Waals surface area contributed by atoms with Crippen molar-refractivity contribution >= 4 is 30.3 Å². The normalized spacial score (nSPS) is 30.0. The lowest BCUT2D eigenvalue weighted by atomic mass is 9.73. The van der Waals surface area contributed by atoms with Crippen LogP contribution >= 0.6 is 12.4 Å². The van der Waals surface area contributed by atoms with Crippen molar-refractivity contribution in [3.63, 3.8) is 0 Å². The standard InChI is InChI=1S/C26H27NO10.ClH/c1-10-21(29)13(27)6-16(36-10)37-15-8-26(34,9-28)7-12-18(15)25(33)20-19(23(12)31)22(30)11-4-3-5-14(35-2)17(11)24(20)32;/h3-5,9-10,13,15-16,21,29,31,33-34H,6-8,27H2,1-2H3;1H. The van der Waals surface area contributed by atoms with Gasteiger partial charge in [0.2, 0.25) is 5.78 Å². The Labute approximate surface area is 223 Å². The van der Waals surface area contributed by atoms with Gasteiger partial charge >= 0.3 is 0 Å². The third-order valence-electron chi connectivity index (χ3n) is 7.39. The van der Waals surface area contributed by atoms with Gasteiger partial charge in [0.25, 0.3) is 0 Å². The van der Waals surface area contributed by atoms with Gasteiger partial charge < -0.3 is 45.2 Å². The summed E-state index contributed by atoms with van der Waals surface area (Å²) in [5, 5.41) is 43.6. The first-order valence-corrected chi connectivity index (χ1v) is 11.8. The number of hydrogen-bond donors (Lipinski definition) is 5. The average Bonchev–Trinajstić information content (AvgIpc) is 2.87. The van der Waals surface area contributed by atoms with Crippen LogP contribution in [0, 0.1) is 0 Å². The van der Waals surface area contributed by atoms with Gasteiger partial charge in [-0.25, -0.2) is 0 Å². The Hall–Kier alpha value is -3.06. The minimum atomic E-state index is -2.00. The van der Waals surface area contributed by atoms with Crippen LogP contribution in [0.2, 0.25) is 0 Å². The molecule has 2 aliphatic carbocycles. The zero-order chi connectivity index (χ0) is 26.8. The molecular formula is C26H28ClNO10. The Kier molecular flexibility index (Phi) is 7.30. The first-order valence-electron chi connectivity index (χ1n) is 11.8. The maximum absolute atomic E-state index is 13.6. The second kappa shape index (κ2) is 9.92. The molecule has 6 unspecified atom stereocenters. The van der Waals surface area contributed by atoms with E-state index in [-0.39, 0.29) is 53.3 Å². The molecule has 0 spiro atoms. The Morgan fingerprint density at radius 1 is 1.13 bits per heavy atom. The zero-order valence-electron chi connectivity index (χ0n) is 20.5. The number of fused-ring (bicyclic) bond motifs is 3. The molecule has 0 radical (unpaired) electrons. The zero-order valence-corrected chi connectivity index (χ0v) is 21.4. The van der Waals surface area contributed by atoms with E-state index in [1.165, 1.54) is 25.3 Å². The number of phenols is 2. The minimum Gasteiger partial charge on any atom is -0.507 e. The highest BCUT2D eigenvalue weighted by Crippen LogP contribution is 2.52. The highest BCUT2D eigenvalue weighted by Gasteiger charge is 2.47. The van der Waals surface area contributed by atoms with E-state index in [0.717, 1.165) is 0 Å². The number of phenolic OH excluding ortho intramolecular Hbond substituents is 2. The average molecular weight is 550 g/mol. The Balaban J connectivity index is 0.00000336. The summed E-state index contributed by atoms with van der Waals surface area (Å²) in [7, 11) is 1.34. The van der Waals surface area contributed by atoms with Crippen molar-refractivity contribution in [1.29, 1.82) is 0 Å². The van der Waals surface area contributed by atoms with Crippen LogP contribution in [0.15, 0.2) is 18.2 Å². The van der Waals surface area contributed by atoms with Gasteiger partial charge in [-0.2, -0.15) is 0 Å². The largest absolute Gasteiger partial charge is 0.507 e. The van der Waals surface area contributed by atoms with E-state index in [9.17, 15) is 34.8 Å². The lowest BCUT2D eigenvalue weighted by molar-refractivity contribution is -0.246. The van der Waals surface area contributed by atoms with Crippen molar-refractivity contribution in [2.75, 3.05) is 7.11 Å². The Morgan fingerprint density at radius 2 is 1.82 bits per heavy atom. The van der Waals surface area contributed by atoms with Gasteiger partial charge in [-0.1, -0.05) is 12.1 Å². The van der Waals surface area contributed by atoms with Gasteiger partial charge in [-0.15, -0.1) is 12.4 Å². The lowest BCUT2D eigenvalue weighted by Crippen LogP contribution is -2.52. The van der Waals surface area contributed by atoms with E-state index in [4.69, 9.17) is 19.9 Å². The highest BCUT2D eigenvalue weighted by molar-refractivity contribution is 6.31. The fourth-order valence-electron chi connectivity index (χ4n) is 5.51. The monoisotopic (exact) mass is 549 g/mol. The highest BCUT2D eigenvalue weighted by atomic mass is 35.5. The maximum Gasteiger partial charge on any atom is 0.202 e. The smallest absolute Gasteiger partial charge is 0.202 e. The summed E-state index contributed by atoms with van der Waals surface area (Å²) in [6.45, 7) is 1.60. The van der Waals surface area contributed by atoms with Gasteiger partial charge in [0.1, 0.15) is 22.8 Å². The molecule has 5 rings (SSSR count). The molecule has 11 nitrogen and oxygen atoms in total. The summed E-state index contributed by atoms with van der Waals surface area (Å²) in [6.07, 6.45) is -4.23. The number of aromatic hydroxyl groups is 2. The molecule has 2 aromatic carbocycles. The summed E-state index contributed by atoms with van der Waals surface area (Å²) in [4.78, 5) is 38.8. The van der Waals surface area contributed by atoms with E-state index in [1.807, 2.05) is 0 Å². The van der Waals surface area contributed by atoms with Crippen molar-refractivity contribution in [3.8, 4) is 17.2 Å². The molecule has 1 aliphatic heterocycles. The minimum absolute atomic E-state index is 0. The first-order chi connectivity index (χ1) is 17.5. The predicted molar refractivity (Wildman–Crippen MR) is 133 cm³/mol. The fraction of sp³-hybridized carbons (Fsp3) is 0.423. The predicted octanol–water partition coefficient (Wildman–Crippen LogP) is 1.06. The van der Waals surface area contributed by atoms with Crippen LogP contribution in [-0.2, 0) is 20.7 Å². The number of benzene rings is 2. The Morgan fingerprint density at radius 3 is 2.45 bits per heavy atom. The van der Waals surface area contributed by atoms with Gasteiger partial charge in [-0.05, 0) is 13.0 Å². The quantitative estimate of drug-likeness (QED) is 0.231. The number of carbonyl (C=O) groups is 3. The number of rotatable bonds is 4. The summed E-state index contributed by atoms with van der Waals surface area (Å²) in [5.74, 6) is -2.57. The summed E-state index contributed by atoms with van der Waals surface area (Å²) < 4.78 is 17.0. The van der Waals surface area contributed by atoms with Gasteiger partial charge in [0.15, 0.2) is 18.4 Å². The molecule has 0 amide bonds. The van der Waals surface area contributed by atoms with Crippen LogP contribution in [-0.4, -0.2) is 75.5 Å². The van der Waals surface area contributed by atoms with Crippen LogP contribution in [0.25, 0.3) is 0 Å². The van der Waals surface area contributed by atoms with Crippen molar-refractivity contribution in [2.45, 2.75) is 62.4 Å². The lowest BCUT2D eigenvalue weighted by Gasteiger charge is -2.41. The molecule has 6 N–H and O–H groups in total. The van der Waals surface area contributed by atoms with E-state index in [2.05, 4.69) is 0 Å². The molecule has 3 aliphatic rings. The van der Waals surface area contributed by atoms with Crippen LogP contribution in [0.3, 0.4) is 0 Å². The SMILES string of the molecule is COc1cccc2c1C(=O)c1c(O)c3c(c(O)c1C2=O)CC(O)(C=O)CC3OC1CC(N)C(O)C(C)O1.Cl. The number of ketones is 2. The molecule has 38 heavy (non-hydrogen) atoms. The molecule has 1 saturated heterocycles. The summed E-state index contributed by atoms with van der Waals surface area (Å²) in [5.41, 5.74) is 2.93. The molecule has 6 atom stereocenters. The second-order valence-electron chi connectivity index (χ2n) is 9.77. The molecule has 204 valence electrons. The number of hydrogen-bond acceptors (Lipinski definition) is 11. The number of carbonyl (C=O) groups excluding carboxylic acids is 3. The van der Waals surface area contributed by atoms with Crippen LogP contribution in [0.1, 0.15) is 68.8 Å². The van der Waals surface area contributed by atoms with Gasteiger partial charge in [0, 0.05) is 42.0 Å². The van der Waals surface area contributed by atoms with Crippen LogP contribution in [0.5, 0.6) is 17.2 Å². The van der Waals surface area contributed by atoms with Crippen LogP contribution in [0.4, 0.5) is 0 Å². The molecule has 0 aromatic heterocycles. The van der Waals surface area contributed by atoms with Crippen molar-refractivity contribution in [3.05, 3.63) is 51.6 Å². The van der Waals surface area contributed by atoms with Crippen LogP contribution < -0.4 is 10.5 Å². The van der Waals surface area contributed by atoms with Crippen molar-refractivity contribution < 1.29 is 49.0 Å². The van der Waals surface area contributed by atoms with E-state index >= 15 is 0 Å². The van der Waals surface area contributed by atoms with E-state index < -0.39 is 76.9 Å². The van der Waals surface area contributed by atoms with E-state index in [0.29, 0.717) is 6.29 Å².